The van der Waals surface area contributed by atoms with E-state index in [-0.39, 0.29) is 28.9 Å². The van der Waals surface area contributed by atoms with Crippen LogP contribution in [0.3, 0.4) is 0 Å². The Morgan fingerprint density at radius 2 is 1.67 bits per heavy atom. The lowest BCUT2D eigenvalue weighted by molar-refractivity contribution is -0.140. The summed E-state index contributed by atoms with van der Waals surface area (Å²) in [7, 11) is 2.68. The molecule has 2 rings (SSSR count). The van der Waals surface area contributed by atoms with Crippen LogP contribution in [-0.2, 0) is 23.9 Å². The van der Waals surface area contributed by atoms with Gasteiger partial charge in [0.25, 0.3) is 0 Å². The average molecular weight is 429 g/mol. The molecule has 0 radical (unpaired) electrons. The molecule has 1 atom stereocenters. The second-order valence-electron chi connectivity index (χ2n) is 6.62. The number of allylic oxidation sites excluding steroid dienone is 5. The molecule has 6 heteroatoms. The van der Waals surface area contributed by atoms with Gasteiger partial charge >= 0.3 is 11.9 Å². The predicted octanol–water partition coefficient (Wildman–Crippen LogP) is 4.85. The van der Waals surface area contributed by atoms with Gasteiger partial charge in [0.1, 0.15) is 0 Å². The molecule has 0 saturated heterocycles. The zero-order valence-corrected chi connectivity index (χ0v) is 18.7. The highest BCUT2D eigenvalue weighted by molar-refractivity contribution is 8.01. The van der Waals surface area contributed by atoms with Crippen molar-refractivity contribution in [3.63, 3.8) is 0 Å². The third-order valence-corrected chi connectivity index (χ3v) is 5.33. The highest BCUT2D eigenvalue weighted by Gasteiger charge is 2.22. The lowest BCUT2D eigenvalue weighted by Gasteiger charge is -2.20. The summed E-state index contributed by atoms with van der Waals surface area (Å²) in [5, 5.41) is 0. The third-order valence-electron chi connectivity index (χ3n) is 4.11. The summed E-state index contributed by atoms with van der Waals surface area (Å²) in [5.74, 6) is -0.727. The molecule has 30 heavy (non-hydrogen) atoms. The quantitative estimate of drug-likeness (QED) is 0.457. The monoisotopic (exact) mass is 428 g/mol. The van der Waals surface area contributed by atoms with Gasteiger partial charge in [-0.2, -0.15) is 0 Å². The van der Waals surface area contributed by atoms with Gasteiger partial charge in [-0.15, -0.1) is 11.8 Å². The first-order chi connectivity index (χ1) is 14.2. The fourth-order valence-electron chi connectivity index (χ4n) is 2.34. The Morgan fingerprint density at radius 3 is 2.23 bits per heavy atom. The van der Waals surface area contributed by atoms with Crippen molar-refractivity contribution in [1.82, 2.24) is 0 Å². The summed E-state index contributed by atoms with van der Waals surface area (Å²) in [6.45, 7) is 7.27. The molecule has 1 aliphatic rings. The number of thioether (sulfide) groups is 1. The Balaban J connectivity index is 0.000000804. The summed E-state index contributed by atoms with van der Waals surface area (Å²) in [6, 6.07) is 10.1. The largest absolute Gasteiger partial charge is 0.469 e. The van der Waals surface area contributed by atoms with Gasteiger partial charge in [0.05, 0.1) is 19.0 Å². The molecule has 0 bridgehead atoms. The van der Waals surface area contributed by atoms with E-state index in [1.54, 1.807) is 17.8 Å². The van der Waals surface area contributed by atoms with Crippen molar-refractivity contribution in [3.8, 4) is 0 Å². The maximum absolute atomic E-state index is 12.5. The van der Waals surface area contributed by atoms with Gasteiger partial charge in [0.15, 0.2) is 5.78 Å². The van der Waals surface area contributed by atoms with Gasteiger partial charge in [-0.1, -0.05) is 55.2 Å². The van der Waals surface area contributed by atoms with Crippen LogP contribution in [0.15, 0.2) is 83.3 Å². The standard InChI is InChI=1S/C21H22O3S.C3H6O2/c1-16(11-12-19(22)24-3)20(23)17-8-7-14-21(2,15-13-17)25-18-9-5-4-6-10-18;1-3(4)5-2/h4-10,13-15H,1,11-12H2,2-3H3;1-2H3. The van der Waals surface area contributed by atoms with E-state index in [0.29, 0.717) is 17.6 Å². The topological polar surface area (TPSA) is 69.7 Å². The maximum Gasteiger partial charge on any atom is 0.305 e. The number of hydrogen-bond acceptors (Lipinski definition) is 6. The fourth-order valence-corrected chi connectivity index (χ4v) is 3.43. The van der Waals surface area contributed by atoms with Gasteiger partial charge in [0, 0.05) is 23.8 Å². The summed E-state index contributed by atoms with van der Waals surface area (Å²) >= 11 is 1.72. The highest BCUT2D eigenvalue weighted by Crippen LogP contribution is 2.36. The Morgan fingerprint density at radius 1 is 1.03 bits per heavy atom. The molecule has 0 fully saturated rings. The van der Waals surface area contributed by atoms with E-state index in [9.17, 15) is 14.4 Å². The normalized spacial score (nSPS) is 17.0. The van der Waals surface area contributed by atoms with Gasteiger partial charge < -0.3 is 9.47 Å². The van der Waals surface area contributed by atoms with Crippen LogP contribution in [0.2, 0.25) is 0 Å². The second-order valence-corrected chi connectivity index (χ2v) is 8.17. The lowest BCUT2D eigenvalue weighted by Crippen LogP contribution is -2.12. The molecule has 0 heterocycles. The number of hydrogen-bond donors (Lipinski definition) is 0. The van der Waals surface area contributed by atoms with Crippen molar-refractivity contribution in [2.24, 2.45) is 0 Å². The molecular weight excluding hydrogens is 400 g/mol. The van der Waals surface area contributed by atoms with Crippen LogP contribution in [0, 0.1) is 0 Å². The molecule has 0 aromatic heterocycles. The summed E-state index contributed by atoms with van der Waals surface area (Å²) < 4.78 is 8.46. The number of esters is 2. The van der Waals surface area contributed by atoms with E-state index in [1.807, 2.05) is 36.4 Å². The number of ketones is 1. The molecule has 0 aliphatic heterocycles. The molecule has 5 nitrogen and oxygen atoms in total. The summed E-state index contributed by atoms with van der Waals surface area (Å²) in [4.78, 5) is 34.5. The highest BCUT2D eigenvalue weighted by atomic mass is 32.2. The molecule has 1 aliphatic carbocycles. The molecule has 0 spiro atoms. The van der Waals surface area contributed by atoms with E-state index < -0.39 is 0 Å². The number of ether oxygens (including phenoxy) is 2. The van der Waals surface area contributed by atoms with Crippen molar-refractivity contribution in [2.75, 3.05) is 14.2 Å². The van der Waals surface area contributed by atoms with Crippen molar-refractivity contribution in [3.05, 3.63) is 78.4 Å². The van der Waals surface area contributed by atoms with Crippen molar-refractivity contribution in [2.45, 2.75) is 36.3 Å². The number of benzene rings is 1. The number of methoxy groups -OCH3 is 2. The van der Waals surface area contributed by atoms with Crippen LogP contribution < -0.4 is 0 Å². The maximum atomic E-state index is 12.5. The summed E-state index contributed by atoms with van der Waals surface area (Å²) in [5.41, 5.74) is 0.984. The number of rotatable bonds is 7. The molecule has 0 saturated carbocycles. The Kier molecular flexibility index (Phi) is 10.6. The number of Topliss-reactive ketones (excluding diaryl/α,β-unsaturated/α-hetero) is 1. The zero-order valence-electron chi connectivity index (χ0n) is 17.8. The van der Waals surface area contributed by atoms with E-state index in [1.165, 1.54) is 21.1 Å². The van der Waals surface area contributed by atoms with E-state index in [4.69, 9.17) is 0 Å². The first-order valence-corrected chi connectivity index (χ1v) is 10.2. The van der Waals surface area contributed by atoms with Crippen LogP contribution in [0.1, 0.15) is 26.7 Å². The van der Waals surface area contributed by atoms with Crippen molar-refractivity contribution in [1.29, 1.82) is 0 Å². The van der Waals surface area contributed by atoms with Crippen LogP contribution >= 0.6 is 11.8 Å². The van der Waals surface area contributed by atoms with Crippen molar-refractivity contribution >= 4 is 29.5 Å². The Hall–Kier alpha value is -2.86. The average Bonchev–Trinajstić information content (AvgIpc) is 2.93. The van der Waals surface area contributed by atoms with Crippen LogP contribution in [0.4, 0.5) is 0 Å². The second kappa shape index (κ2) is 12.6. The third kappa shape index (κ3) is 9.09. The molecule has 1 aromatic carbocycles. The van der Waals surface area contributed by atoms with Crippen LogP contribution in [0.5, 0.6) is 0 Å². The molecule has 160 valence electrons. The van der Waals surface area contributed by atoms with Gasteiger partial charge in [-0.05, 0) is 31.1 Å². The minimum atomic E-state index is -0.342. The molecule has 0 amide bonds. The minimum absolute atomic E-state index is 0.140. The molecular formula is C24H28O5S. The fraction of sp³-hybridized carbons (Fsp3) is 0.292. The van der Waals surface area contributed by atoms with Gasteiger partial charge in [0.2, 0.25) is 0 Å². The van der Waals surface area contributed by atoms with Crippen LogP contribution in [0.25, 0.3) is 0 Å². The number of carbonyl (C=O) groups is 3. The lowest BCUT2D eigenvalue weighted by atomic mass is 10.00. The zero-order chi connectivity index (χ0) is 22.6. The smallest absolute Gasteiger partial charge is 0.305 e. The first kappa shape index (κ1) is 25.2. The molecule has 1 unspecified atom stereocenters. The summed E-state index contributed by atoms with van der Waals surface area (Å²) in [6.07, 6.45) is 10.1. The molecule has 1 aromatic rings. The number of carbonyl (C=O) groups excluding carboxylic acids is 3. The van der Waals surface area contributed by atoms with Crippen LogP contribution in [-0.4, -0.2) is 36.7 Å². The van der Waals surface area contributed by atoms with Gasteiger partial charge in [-0.25, -0.2) is 0 Å². The Labute approximate surface area is 182 Å². The van der Waals surface area contributed by atoms with Crippen molar-refractivity contribution < 1.29 is 23.9 Å². The van der Waals surface area contributed by atoms with E-state index in [2.05, 4.69) is 41.2 Å². The minimum Gasteiger partial charge on any atom is -0.469 e. The predicted molar refractivity (Wildman–Crippen MR) is 120 cm³/mol. The van der Waals surface area contributed by atoms with E-state index in [0.717, 1.165) is 4.90 Å². The molecule has 0 N–H and O–H groups in total. The first-order valence-electron chi connectivity index (χ1n) is 9.37. The van der Waals surface area contributed by atoms with E-state index >= 15 is 0 Å². The van der Waals surface area contributed by atoms with Gasteiger partial charge in [-0.3, -0.25) is 14.4 Å². The Bertz CT molecular complexity index is 852. The SMILES string of the molecule is C=C(CCC(=O)OC)C(=O)C1=CC=CC(C)(Sc2ccccc2)C=C1.COC(C)=O.